The molecule has 0 heterocycles. The lowest BCUT2D eigenvalue weighted by Gasteiger charge is -2.18. The van der Waals surface area contributed by atoms with E-state index in [1.807, 2.05) is 0 Å². The van der Waals surface area contributed by atoms with E-state index in [0.717, 1.165) is 6.07 Å². The molecule has 7 nitrogen and oxygen atoms in total. The van der Waals surface area contributed by atoms with E-state index in [9.17, 15) is 18.0 Å². The molecule has 3 aromatic rings. The Morgan fingerprint density at radius 3 is 2.03 bits per heavy atom. The molecule has 0 saturated carbocycles. The molecule has 30 heavy (non-hydrogen) atoms. The molecule has 0 unspecified atom stereocenters. The largest absolute Gasteiger partial charge is 0.495 e. The van der Waals surface area contributed by atoms with E-state index in [1.54, 1.807) is 60.7 Å². The summed E-state index contributed by atoms with van der Waals surface area (Å²) in [5, 5.41) is 5.20. The minimum absolute atomic E-state index is 0.00554. The number of benzene rings is 3. The molecule has 0 bridgehead atoms. The smallest absolute Gasteiger partial charge is 0.339 e. The predicted octanol–water partition coefficient (Wildman–Crippen LogP) is 3.12. The van der Waals surface area contributed by atoms with Gasteiger partial charge in [-0.15, -0.1) is 0 Å². The second kappa shape index (κ2) is 8.89. The number of methoxy groups -OCH3 is 1. The van der Waals surface area contributed by atoms with E-state index < -0.39 is 27.9 Å². The van der Waals surface area contributed by atoms with Gasteiger partial charge in [0.05, 0.1) is 12.7 Å². The van der Waals surface area contributed by atoms with E-state index in [4.69, 9.17) is 14.6 Å². The van der Waals surface area contributed by atoms with Crippen molar-refractivity contribution in [2.45, 2.75) is 11.0 Å². The number of rotatable bonds is 7. The van der Waals surface area contributed by atoms with Crippen molar-refractivity contribution in [3.05, 3.63) is 95.6 Å². The van der Waals surface area contributed by atoms with Gasteiger partial charge in [0.1, 0.15) is 10.6 Å². The number of sulfonamides is 1. The monoisotopic (exact) mass is 425 g/mol. The molecule has 3 aromatic carbocycles. The number of ketones is 1. The summed E-state index contributed by atoms with van der Waals surface area (Å²) < 4.78 is 34.1. The summed E-state index contributed by atoms with van der Waals surface area (Å²) in [5.74, 6) is -1.29. The van der Waals surface area contributed by atoms with Gasteiger partial charge in [-0.1, -0.05) is 60.7 Å². The summed E-state index contributed by atoms with van der Waals surface area (Å²) in [5.41, 5.74) is 0.778. The van der Waals surface area contributed by atoms with Crippen molar-refractivity contribution in [3.63, 3.8) is 0 Å². The van der Waals surface area contributed by atoms with Crippen LogP contribution < -0.4 is 9.88 Å². The lowest BCUT2D eigenvalue weighted by molar-refractivity contribution is 0.0279. The molecule has 154 valence electrons. The Morgan fingerprint density at radius 1 is 0.867 bits per heavy atom. The Balaban J connectivity index is 1.97. The van der Waals surface area contributed by atoms with Crippen molar-refractivity contribution in [1.29, 1.82) is 0 Å². The van der Waals surface area contributed by atoms with Crippen LogP contribution in [-0.4, -0.2) is 27.3 Å². The van der Waals surface area contributed by atoms with Crippen LogP contribution in [-0.2, 0) is 14.8 Å². The fraction of sp³-hybridized carbons (Fsp3) is 0.0909. The van der Waals surface area contributed by atoms with Gasteiger partial charge in [0.2, 0.25) is 15.8 Å². The van der Waals surface area contributed by atoms with E-state index in [1.165, 1.54) is 19.2 Å². The average Bonchev–Trinajstić information content (AvgIpc) is 2.77. The van der Waals surface area contributed by atoms with Crippen molar-refractivity contribution in [3.8, 4) is 5.75 Å². The standard InChI is InChI=1S/C22H19NO6S/c1-28-18-13-12-17(14-19(18)30(23,26)27)22(25)29-21(16-10-6-3-7-11-16)20(24)15-8-4-2-5-9-15/h2-14,21H,1H3,(H2,23,26,27)/t21-/m1/s1. The molecule has 2 N–H and O–H groups in total. The van der Waals surface area contributed by atoms with Crippen LogP contribution in [0.4, 0.5) is 0 Å². The van der Waals surface area contributed by atoms with Crippen LogP contribution in [0.15, 0.2) is 83.8 Å². The van der Waals surface area contributed by atoms with Crippen LogP contribution in [0.3, 0.4) is 0 Å². The summed E-state index contributed by atoms with van der Waals surface area (Å²) in [6, 6.07) is 20.7. The second-order valence-corrected chi connectivity index (χ2v) is 7.87. The van der Waals surface area contributed by atoms with Crippen LogP contribution in [0.25, 0.3) is 0 Å². The summed E-state index contributed by atoms with van der Waals surface area (Å²) in [4.78, 5) is 25.5. The van der Waals surface area contributed by atoms with Crippen LogP contribution in [0.2, 0.25) is 0 Å². The summed E-state index contributed by atoms with van der Waals surface area (Å²) in [6.07, 6.45) is -1.21. The third-order valence-electron chi connectivity index (χ3n) is 4.33. The van der Waals surface area contributed by atoms with Gasteiger partial charge in [-0.3, -0.25) is 4.79 Å². The van der Waals surface area contributed by atoms with Gasteiger partial charge < -0.3 is 9.47 Å². The number of primary sulfonamides is 1. The molecule has 8 heteroatoms. The first-order valence-corrected chi connectivity index (χ1v) is 10.4. The zero-order valence-corrected chi connectivity index (χ0v) is 16.8. The first-order valence-electron chi connectivity index (χ1n) is 8.87. The van der Waals surface area contributed by atoms with Crippen LogP contribution in [0.5, 0.6) is 5.75 Å². The highest BCUT2D eigenvalue weighted by atomic mass is 32.2. The van der Waals surface area contributed by atoms with Crippen molar-refractivity contribution in [2.75, 3.05) is 7.11 Å². The highest BCUT2D eigenvalue weighted by Crippen LogP contribution is 2.27. The summed E-state index contributed by atoms with van der Waals surface area (Å²) in [6.45, 7) is 0. The zero-order chi connectivity index (χ0) is 21.7. The number of Topliss-reactive ketones (excluding diaryl/α,β-unsaturated/α-hetero) is 1. The van der Waals surface area contributed by atoms with Crippen molar-refractivity contribution in [2.24, 2.45) is 5.14 Å². The first kappa shape index (κ1) is 21.2. The lowest BCUT2D eigenvalue weighted by atomic mass is 10.00. The Morgan fingerprint density at radius 2 is 1.47 bits per heavy atom. The molecular weight excluding hydrogens is 406 g/mol. The maximum atomic E-state index is 13.0. The molecule has 3 rings (SSSR count). The van der Waals surface area contributed by atoms with Crippen LogP contribution in [0, 0.1) is 0 Å². The fourth-order valence-corrected chi connectivity index (χ4v) is 3.58. The Hall–Kier alpha value is -3.49. The second-order valence-electron chi connectivity index (χ2n) is 6.34. The van der Waals surface area contributed by atoms with Crippen LogP contribution in [0.1, 0.15) is 32.4 Å². The molecule has 0 aliphatic rings. The molecule has 0 aliphatic heterocycles. The Labute approximate surface area is 174 Å². The molecule has 0 saturated heterocycles. The van der Waals surface area contributed by atoms with Gasteiger partial charge in [0.15, 0.2) is 6.10 Å². The number of ether oxygens (including phenoxy) is 2. The molecule has 0 aromatic heterocycles. The summed E-state index contributed by atoms with van der Waals surface area (Å²) >= 11 is 0. The van der Waals surface area contributed by atoms with E-state index in [2.05, 4.69) is 0 Å². The molecule has 0 amide bonds. The fourth-order valence-electron chi connectivity index (χ4n) is 2.86. The Kier molecular flexibility index (Phi) is 6.29. The topological polar surface area (TPSA) is 113 Å². The van der Waals surface area contributed by atoms with E-state index in [0.29, 0.717) is 11.1 Å². The number of hydrogen-bond donors (Lipinski definition) is 1. The van der Waals surface area contributed by atoms with Crippen molar-refractivity contribution in [1.82, 2.24) is 0 Å². The van der Waals surface area contributed by atoms with Gasteiger partial charge in [-0.25, -0.2) is 18.4 Å². The summed E-state index contributed by atoms with van der Waals surface area (Å²) in [7, 11) is -2.86. The number of hydrogen-bond acceptors (Lipinski definition) is 6. The normalized spacial score (nSPS) is 12.1. The minimum Gasteiger partial charge on any atom is -0.495 e. The molecule has 1 atom stereocenters. The number of nitrogens with two attached hydrogens (primary N) is 1. The molecule has 0 spiro atoms. The van der Waals surface area contributed by atoms with Crippen LogP contribution >= 0.6 is 0 Å². The lowest BCUT2D eigenvalue weighted by Crippen LogP contribution is -2.21. The number of carbonyl (C=O) groups is 2. The quantitative estimate of drug-likeness (QED) is 0.460. The minimum atomic E-state index is -4.14. The van der Waals surface area contributed by atoms with Crippen molar-refractivity contribution >= 4 is 21.8 Å². The third kappa shape index (κ3) is 4.73. The van der Waals surface area contributed by atoms with Gasteiger partial charge in [-0.2, -0.15) is 0 Å². The number of esters is 1. The highest BCUT2D eigenvalue weighted by Gasteiger charge is 2.27. The van der Waals surface area contributed by atoms with E-state index in [-0.39, 0.29) is 16.2 Å². The molecule has 0 radical (unpaired) electrons. The predicted molar refractivity (Wildman–Crippen MR) is 110 cm³/mol. The SMILES string of the molecule is COc1ccc(C(=O)O[C@@H](C(=O)c2ccccc2)c2ccccc2)cc1S(N)(=O)=O. The average molecular weight is 425 g/mol. The van der Waals surface area contributed by atoms with Gasteiger partial charge >= 0.3 is 5.97 Å². The third-order valence-corrected chi connectivity index (χ3v) is 5.26. The van der Waals surface area contributed by atoms with Gasteiger partial charge in [0, 0.05) is 11.1 Å². The molecular formula is C22H19NO6S. The first-order chi connectivity index (χ1) is 14.3. The van der Waals surface area contributed by atoms with Gasteiger partial charge in [0.25, 0.3) is 0 Å². The highest BCUT2D eigenvalue weighted by molar-refractivity contribution is 7.89. The maximum absolute atomic E-state index is 13.0. The molecule has 0 fully saturated rings. The Bertz CT molecular complexity index is 1160. The molecule has 0 aliphatic carbocycles. The zero-order valence-electron chi connectivity index (χ0n) is 16.0. The maximum Gasteiger partial charge on any atom is 0.339 e. The van der Waals surface area contributed by atoms with E-state index >= 15 is 0 Å². The van der Waals surface area contributed by atoms with Gasteiger partial charge in [-0.05, 0) is 18.2 Å². The van der Waals surface area contributed by atoms with Crippen molar-refractivity contribution < 1.29 is 27.5 Å². The number of carbonyl (C=O) groups excluding carboxylic acids is 2.